The molecule has 2 N–H and O–H groups in total. The van der Waals surface area contributed by atoms with Crippen LogP contribution in [0.2, 0.25) is 0 Å². The highest BCUT2D eigenvalue weighted by Gasteiger charge is 2.22. The van der Waals surface area contributed by atoms with Gasteiger partial charge in [-0.1, -0.05) is 0 Å². The van der Waals surface area contributed by atoms with Gasteiger partial charge in [0.25, 0.3) is 5.91 Å². The molecule has 148 valence electrons. The van der Waals surface area contributed by atoms with Crippen LogP contribution >= 0.6 is 0 Å². The molecule has 7 nitrogen and oxygen atoms in total. The molecule has 1 atom stereocenters. The number of rotatable bonds is 7. The Bertz CT molecular complexity index is 864. The SMILES string of the molecule is CCOc1cc2c(cc1NC(=O)COc1ccc(NC(C)=O)cc1)O[C@H](C)C2. The Balaban J connectivity index is 1.61. The maximum Gasteiger partial charge on any atom is 0.262 e. The van der Waals surface area contributed by atoms with E-state index < -0.39 is 0 Å². The first kappa shape index (κ1) is 19.5. The summed E-state index contributed by atoms with van der Waals surface area (Å²) in [5, 5.41) is 5.49. The molecular formula is C21H24N2O5. The minimum Gasteiger partial charge on any atom is -0.492 e. The number of ether oxygens (including phenoxy) is 3. The summed E-state index contributed by atoms with van der Waals surface area (Å²) in [6.07, 6.45) is 0.931. The van der Waals surface area contributed by atoms with Gasteiger partial charge >= 0.3 is 0 Å². The normalized spacial score (nSPS) is 14.6. The number of anilines is 2. The van der Waals surface area contributed by atoms with Crippen LogP contribution in [-0.4, -0.2) is 31.1 Å². The minimum atomic E-state index is -0.308. The molecule has 1 heterocycles. The number of benzene rings is 2. The molecule has 0 radical (unpaired) electrons. The van der Waals surface area contributed by atoms with Crippen LogP contribution in [0.3, 0.4) is 0 Å². The standard InChI is InChI=1S/C21H24N2O5/c1-4-26-20-10-15-9-13(2)28-19(15)11-18(20)23-21(25)12-27-17-7-5-16(6-8-17)22-14(3)24/h5-8,10-11,13H,4,9,12H2,1-3H3,(H,22,24)(H,23,25)/t13-/m1/s1. The van der Waals surface area contributed by atoms with Crippen molar-refractivity contribution in [2.45, 2.75) is 33.3 Å². The maximum atomic E-state index is 12.3. The van der Waals surface area contributed by atoms with Crippen LogP contribution in [0.25, 0.3) is 0 Å². The van der Waals surface area contributed by atoms with Gasteiger partial charge in [0, 0.05) is 30.7 Å². The van der Waals surface area contributed by atoms with Crippen molar-refractivity contribution in [2.75, 3.05) is 23.8 Å². The predicted molar refractivity (Wildman–Crippen MR) is 106 cm³/mol. The molecule has 1 aliphatic rings. The van der Waals surface area contributed by atoms with Crippen molar-refractivity contribution in [3.8, 4) is 17.2 Å². The van der Waals surface area contributed by atoms with Gasteiger partial charge in [-0.15, -0.1) is 0 Å². The van der Waals surface area contributed by atoms with Crippen molar-refractivity contribution >= 4 is 23.2 Å². The lowest BCUT2D eigenvalue weighted by Crippen LogP contribution is -2.20. The molecule has 0 bridgehead atoms. The zero-order valence-electron chi connectivity index (χ0n) is 16.2. The topological polar surface area (TPSA) is 85.9 Å². The number of fused-ring (bicyclic) bond motifs is 1. The van der Waals surface area contributed by atoms with Gasteiger partial charge in [-0.3, -0.25) is 9.59 Å². The van der Waals surface area contributed by atoms with Crippen molar-refractivity contribution < 1.29 is 23.8 Å². The molecule has 7 heteroatoms. The van der Waals surface area contributed by atoms with E-state index in [1.54, 1.807) is 30.3 Å². The van der Waals surface area contributed by atoms with Crippen molar-refractivity contribution in [1.29, 1.82) is 0 Å². The van der Waals surface area contributed by atoms with Gasteiger partial charge in [0.1, 0.15) is 23.4 Å². The summed E-state index contributed by atoms with van der Waals surface area (Å²) in [4.78, 5) is 23.4. The second-order valence-electron chi connectivity index (χ2n) is 6.56. The van der Waals surface area contributed by atoms with Gasteiger partial charge in [-0.25, -0.2) is 0 Å². The lowest BCUT2D eigenvalue weighted by atomic mass is 10.1. The summed E-state index contributed by atoms with van der Waals surface area (Å²) in [5.41, 5.74) is 2.30. The average molecular weight is 384 g/mol. The Morgan fingerprint density at radius 2 is 1.89 bits per heavy atom. The number of carbonyl (C=O) groups excluding carboxylic acids is 2. The van der Waals surface area contributed by atoms with E-state index in [0.717, 1.165) is 17.7 Å². The lowest BCUT2D eigenvalue weighted by molar-refractivity contribution is -0.118. The third-order valence-electron chi connectivity index (χ3n) is 4.12. The van der Waals surface area contributed by atoms with Crippen LogP contribution in [0.5, 0.6) is 17.2 Å². The van der Waals surface area contributed by atoms with Crippen molar-refractivity contribution in [3.05, 3.63) is 42.0 Å². The van der Waals surface area contributed by atoms with Crippen LogP contribution in [0.15, 0.2) is 36.4 Å². The van der Waals surface area contributed by atoms with E-state index in [1.165, 1.54) is 6.92 Å². The number of hydrogen-bond acceptors (Lipinski definition) is 5. The molecule has 2 amide bonds. The Morgan fingerprint density at radius 3 is 2.57 bits per heavy atom. The van der Waals surface area contributed by atoms with E-state index in [1.807, 2.05) is 19.9 Å². The Labute approximate surface area is 164 Å². The zero-order chi connectivity index (χ0) is 20.1. The molecule has 28 heavy (non-hydrogen) atoms. The average Bonchev–Trinajstić information content (AvgIpc) is 3.00. The fourth-order valence-corrected chi connectivity index (χ4v) is 2.98. The smallest absolute Gasteiger partial charge is 0.262 e. The molecular weight excluding hydrogens is 360 g/mol. The fourth-order valence-electron chi connectivity index (χ4n) is 2.98. The fraction of sp³-hybridized carbons (Fsp3) is 0.333. The molecule has 0 spiro atoms. The summed E-state index contributed by atoms with van der Waals surface area (Å²) in [7, 11) is 0. The molecule has 0 fully saturated rings. The zero-order valence-corrected chi connectivity index (χ0v) is 16.2. The minimum absolute atomic E-state index is 0.110. The highest BCUT2D eigenvalue weighted by molar-refractivity contribution is 5.94. The third kappa shape index (κ3) is 4.94. The number of hydrogen-bond donors (Lipinski definition) is 2. The van der Waals surface area contributed by atoms with Crippen molar-refractivity contribution in [2.24, 2.45) is 0 Å². The molecule has 0 aromatic heterocycles. The Morgan fingerprint density at radius 1 is 1.14 bits per heavy atom. The predicted octanol–water partition coefficient (Wildman–Crippen LogP) is 3.38. The van der Waals surface area contributed by atoms with Crippen LogP contribution < -0.4 is 24.8 Å². The molecule has 0 unspecified atom stereocenters. The molecule has 3 rings (SSSR count). The molecule has 2 aromatic rings. The summed E-state index contributed by atoms with van der Waals surface area (Å²) >= 11 is 0. The second kappa shape index (κ2) is 8.65. The Kier molecular flexibility index (Phi) is 6.03. The summed E-state index contributed by atoms with van der Waals surface area (Å²) in [6, 6.07) is 10.5. The van der Waals surface area contributed by atoms with E-state index >= 15 is 0 Å². The first-order valence-corrected chi connectivity index (χ1v) is 9.21. The van der Waals surface area contributed by atoms with Gasteiger partial charge in [-0.2, -0.15) is 0 Å². The van der Waals surface area contributed by atoms with Crippen LogP contribution in [0, 0.1) is 0 Å². The van der Waals surface area contributed by atoms with Gasteiger partial charge in [0.2, 0.25) is 5.91 Å². The van der Waals surface area contributed by atoms with Gasteiger partial charge in [-0.05, 0) is 44.2 Å². The number of nitrogens with one attached hydrogen (secondary N) is 2. The third-order valence-corrected chi connectivity index (χ3v) is 4.12. The van der Waals surface area contributed by atoms with Gasteiger partial charge in [0.05, 0.1) is 12.3 Å². The summed E-state index contributed by atoms with van der Waals surface area (Å²) in [6.45, 7) is 5.68. The van der Waals surface area contributed by atoms with E-state index in [4.69, 9.17) is 14.2 Å². The van der Waals surface area contributed by atoms with Crippen LogP contribution in [0.4, 0.5) is 11.4 Å². The summed E-state index contributed by atoms with van der Waals surface area (Å²) in [5.74, 6) is 1.46. The first-order valence-electron chi connectivity index (χ1n) is 9.21. The van der Waals surface area contributed by atoms with Crippen molar-refractivity contribution in [3.63, 3.8) is 0 Å². The van der Waals surface area contributed by atoms with E-state index in [2.05, 4.69) is 10.6 Å². The van der Waals surface area contributed by atoms with E-state index in [-0.39, 0.29) is 24.5 Å². The van der Waals surface area contributed by atoms with Gasteiger partial charge in [0.15, 0.2) is 6.61 Å². The molecule has 2 aromatic carbocycles. The largest absolute Gasteiger partial charge is 0.492 e. The van der Waals surface area contributed by atoms with E-state index in [9.17, 15) is 9.59 Å². The maximum absolute atomic E-state index is 12.3. The Hall–Kier alpha value is -3.22. The lowest BCUT2D eigenvalue weighted by Gasteiger charge is -2.14. The molecule has 0 saturated carbocycles. The monoisotopic (exact) mass is 384 g/mol. The quantitative estimate of drug-likeness (QED) is 0.764. The summed E-state index contributed by atoms with van der Waals surface area (Å²) < 4.78 is 16.9. The van der Waals surface area contributed by atoms with Crippen molar-refractivity contribution in [1.82, 2.24) is 0 Å². The first-order chi connectivity index (χ1) is 13.4. The van der Waals surface area contributed by atoms with Gasteiger partial charge < -0.3 is 24.8 Å². The number of carbonyl (C=O) groups is 2. The molecule has 0 saturated heterocycles. The molecule has 0 aliphatic carbocycles. The van der Waals surface area contributed by atoms with Crippen LogP contribution in [-0.2, 0) is 16.0 Å². The van der Waals surface area contributed by atoms with Crippen LogP contribution in [0.1, 0.15) is 26.3 Å². The highest BCUT2D eigenvalue weighted by atomic mass is 16.5. The van der Waals surface area contributed by atoms with E-state index in [0.29, 0.717) is 29.5 Å². The highest BCUT2D eigenvalue weighted by Crippen LogP contribution is 2.38. The number of amides is 2. The second-order valence-corrected chi connectivity index (χ2v) is 6.56. The molecule has 1 aliphatic heterocycles.